The number of sulfonamides is 1. The van der Waals surface area contributed by atoms with E-state index < -0.39 is 10.0 Å². The highest BCUT2D eigenvalue weighted by molar-refractivity contribution is 9.10. The van der Waals surface area contributed by atoms with Crippen molar-refractivity contribution in [1.29, 1.82) is 0 Å². The highest BCUT2D eigenvalue weighted by Gasteiger charge is 2.38. The molecule has 1 aliphatic heterocycles. The van der Waals surface area contributed by atoms with Gasteiger partial charge >= 0.3 is 0 Å². The number of rotatable bonds is 3. The fourth-order valence-electron chi connectivity index (χ4n) is 2.11. The van der Waals surface area contributed by atoms with Crippen LogP contribution in [0, 0.1) is 5.41 Å². The minimum Gasteiger partial charge on any atom is -0.330 e. The molecule has 6 heteroatoms. The van der Waals surface area contributed by atoms with E-state index in [1.165, 1.54) is 4.31 Å². The average Bonchev–Trinajstić information content (AvgIpc) is 2.74. The molecule has 0 radical (unpaired) electrons. The van der Waals surface area contributed by atoms with Crippen molar-refractivity contribution in [3.05, 3.63) is 28.7 Å². The van der Waals surface area contributed by atoms with Gasteiger partial charge < -0.3 is 5.73 Å². The van der Waals surface area contributed by atoms with E-state index in [2.05, 4.69) is 15.9 Å². The summed E-state index contributed by atoms with van der Waals surface area (Å²) in [5, 5.41) is 0. The molecule has 1 aromatic rings. The van der Waals surface area contributed by atoms with Crippen molar-refractivity contribution < 1.29 is 8.42 Å². The van der Waals surface area contributed by atoms with Crippen molar-refractivity contribution in [2.24, 2.45) is 11.1 Å². The number of benzene rings is 1. The zero-order valence-corrected chi connectivity index (χ0v) is 12.7. The lowest BCUT2D eigenvalue weighted by Gasteiger charge is -2.22. The Bertz CT molecular complexity index is 530. The third-order valence-corrected chi connectivity index (χ3v) is 5.86. The first kappa shape index (κ1) is 14.0. The molecular weight excluding hydrogens is 316 g/mol. The van der Waals surface area contributed by atoms with Gasteiger partial charge in [0.25, 0.3) is 0 Å². The average molecular weight is 333 g/mol. The van der Waals surface area contributed by atoms with Crippen molar-refractivity contribution in [3.8, 4) is 0 Å². The van der Waals surface area contributed by atoms with E-state index in [0.29, 0.717) is 24.5 Å². The molecule has 0 aromatic heterocycles. The molecule has 0 spiro atoms. The molecule has 0 saturated carbocycles. The van der Waals surface area contributed by atoms with Crippen molar-refractivity contribution in [2.75, 3.05) is 19.6 Å². The van der Waals surface area contributed by atoms with Crippen LogP contribution < -0.4 is 5.73 Å². The predicted molar refractivity (Wildman–Crippen MR) is 74.7 cm³/mol. The molecule has 0 bridgehead atoms. The quantitative estimate of drug-likeness (QED) is 0.918. The van der Waals surface area contributed by atoms with Crippen molar-refractivity contribution >= 4 is 26.0 Å². The van der Waals surface area contributed by atoms with Gasteiger partial charge in [0.1, 0.15) is 0 Å². The molecule has 2 N–H and O–H groups in total. The van der Waals surface area contributed by atoms with Gasteiger partial charge in [-0.3, -0.25) is 0 Å². The van der Waals surface area contributed by atoms with E-state index >= 15 is 0 Å². The van der Waals surface area contributed by atoms with Gasteiger partial charge in [0.05, 0.1) is 4.90 Å². The third kappa shape index (κ3) is 2.61. The predicted octanol–water partition coefficient (Wildman–Crippen LogP) is 1.81. The largest absolute Gasteiger partial charge is 0.330 e. The molecular formula is C12H17BrN2O2S. The summed E-state index contributed by atoms with van der Waals surface area (Å²) < 4.78 is 27.2. The van der Waals surface area contributed by atoms with Gasteiger partial charge in [0.15, 0.2) is 0 Å². The summed E-state index contributed by atoms with van der Waals surface area (Å²) in [6.45, 7) is 3.59. The van der Waals surface area contributed by atoms with Crippen molar-refractivity contribution in [2.45, 2.75) is 18.2 Å². The van der Waals surface area contributed by atoms with Crippen molar-refractivity contribution in [3.63, 3.8) is 0 Å². The standard InChI is InChI=1S/C12H17BrN2O2S/c1-12(8-14)6-7-15(9-12)18(16,17)11-4-2-10(13)3-5-11/h2-5H,6-9,14H2,1H3. The van der Waals surface area contributed by atoms with Crippen LogP contribution in [0.25, 0.3) is 0 Å². The van der Waals surface area contributed by atoms with Crippen LogP contribution in [0.2, 0.25) is 0 Å². The van der Waals surface area contributed by atoms with E-state index in [-0.39, 0.29) is 5.41 Å². The molecule has 1 heterocycles. The third-order valence-electron chi connectivity index (χ3n) is 3.47. The second-order valence-electron chi connectivity index (χ2n) is 5.06. The number of nitrogens with two attached hydrogens (primary N) is 1. The van der Waals surface area contributed by atoms with Gasteiger partial charge in [-0.05, 0) is 42.6 Å². The summed E-state index contributed by atoms with van der Waals surface area (Å²) in [6.07, 6.45) is 0.819. The van der Waals surface area contributed by atoms with E-state index in [0.717, 1.165) is 10.9 Å². The highest BCUT2D eigenvalue weighted by Crippen LogP contribution is 2.32. The molecule has 1 aromatic carbocycles. The highest BCUT2D eigenvalue weighted by atomic mass is 79.9. The van der Waals surface area contributed by atoms with Crippen LogP contribution in [-0.2, 0) is 10.0 Å². The van der Waals surface area contributed by atoms with Crippen LogP contribution in [-0.4, -0.2) is 32.4 Å². The zero-order valence-electron chi connectivity index (χ0n) is 10.3. The first-order chi connectivity index (χ1) is 8.37. The Morgan fingerprint density at radius 2 is 2.00 bits per heavy atom. The van der Waals surface area contributed by atoms with Gasteiger partial charge in [0.2, 0.25) is 10.0 Å². The van der Waals surface area contributed by atoms with E-state index in [1.807, 2.05) is 6.92 Å². The SMILES string of the molecule is CC1(CN)CCN(S(=O)(=O)c2ccc(Br)cc2)C1. The van der Waals surface area contributed by atoms with Crippen LogP contribution in [0.3, 0.4) is 0 Å². The Morgan fingerprint density at radius 1 is 1.39 bits per heavy atom. The Labute approximate surface area is 116 Å². The molecule has 18 heavy (non-hydrogen) atoms. The Hall–Kier alpha value is -0.430. The van der Waals surface area contributed by atoms with Gasteiger partial charge in [-0.1, -0.05) is 22.9 Å². The minimum absolute atomic E-state index is 0.0948. The van der Waals surface area contributed by atoms with Gasteiger partial charge in [-0.25, -0.2) is 8.42 Å². The second-order valence-corrected chi connectivity index (χ2v) is 7.91. The lowest BCUT2D eigenvalue weighted by atomic mass is 9.90. The summed E-state index contributed by atoms with van der Waals surface area (Å²) in [5.74, 6) is 0. The van der Waals surface area contributed by atoms with Crippen LogP contribution >= 0.6 is 15.9 Å². The Morgan fingerprint density at radius 3 is 2.50 bits per heavy atom. The van der Waals surface area contributed by atoms with Crippen molar-refractivity contribution in [1.82, 2.24) is 4.31 Å². The molecule has 100 valence electrons. The summed E-state index contributed by atoms with van der Waals surface area (Å²) >= 11 is 3.30. The fourth-order valence-corrected chi connectivity index (χ4v) is 3.96. The molecule has 1 unspecified atom stereocenters. The normalized spacial score (nSPS) is 25.5. The summed E-state index contributed by atoms with van der Waals surface area (Å²) in [5.41, 5.74) is 5.61. The maximum atomic E-state index is 12.4. The van der Waals surface area contributed by atoms with E-state index in [4.69, 9.17) is 5.73 Å². The number of hydrogen-bond donors (Lipinski definition) is 1. The lowest BCUT2D eigenvalue weighted by Crippen LogP contribution is -2.34. The van der Waals surface area contributed by atoms with E-state index in [9.17, 15) is 8.42 Å². The zero-order chi connectivity index (χ0) is 13.4. The Kier molecular flexibility index (Phi) is 3.82. The minimum atomic E-state index is -3.38. The van der Waals surface area contributed by atoms with Crippen LogP contribution in [0.15, 0.2) is 33.6 Å². The molecule has 1 fully saturated rings. The van der Waals surface area contributed by atoms with Crippen LogP contribution in [0.4, 0.5) is 0 Å². The van der Waals surface area contributed by atoms with Gasteiger partial charge in [-0.15, -0.1) is 0 Å². The molecule has 1 saturated heterocycles. The molecule has 0 amide bonds. The lowest BCUT2D eigenvalue weighted by molar-refractivity contribution is 0.349. The smallest absolute Gasteiger partial charge is 0.243 e. The molecule has 0 aliphatic carbocycles. The number of nitrogens with zero attached hydrogens (tertiary/aromatic N) is 1. The summed E-state index contributed by atoms with van der Waals surface area (Å²) in [7, 11) is -3.38. The molecule has 1 atom stereocenters. The van der Waals surface area contributed by atoms with Gasteiger partial charge in [0, 0.05) is 17.6 Å². The summed E-state index contributed by atoms with van der Waals surface area (Å²) in [6, 6.07) is 6.73. The Balaban J connectivity index is 2.25. The van der Waals surface area contributed by atoms with E-state index in [1.54, 1.807) is 24.3 Å². The first-order valence-electron chi connectivity index (χ1n) is 5.83. The number of hydrogen-bond acceptors (Lipinski definition) is 3. The van der Waals surface area contributed by atoms with Crippen LogP contribution in [0.1, 0.15) is 13.3 Å². The maximum absolute atomic E-state index is 12.4. The summed E-state index contributed by atoms with van der Waals surface area (Å²) in [4.78, 5) is 0.340. The monoisotopic (exact) mass is 332 g/mol. The number of halogens is 1. The fraction of sp³-hybridized carbons (Fsp3) is 0.500. The topological polar surface area (TPSA) is 63.4 Å². The van der Waals surface area contributed by atoms with Gasteiger partial charge in [-0.2, -0.15) is 4.31 Å². The molecule has 1 aliphatic rings. The van der Waals surface area contributed by atoms with Crippen LogP contribution in [0.5, 0.6) is 0 Å². The first-order valence-corrected chi connectivity index (χ1v) is 8.06. The second kappa shape index (κ2) is 4.92. The maximum Gasteiger partial charge on any atom is 0.243 e. The molecule has 2 rings (SSSR count). The molecule has 4 nitrogen and oxygen atoms in total.